The van der Waals surface area contributed by atoms with E-state index in [1.165, 1.54) is 0 Å². The lowest BCUT2D eigenvalue weighted by molar-refractivity contribution is 0.0169. The fraction of sp³-hybridized carbons (Fsp3) is 0.538. The Bertz CT molecular complexity index is 356. The van der Waals surface area contributed by atoms with Crippen molar-refractivity contribution in [2.45, 2.75) is 32.5 Å². The zero-order valence-electron chi connectivity index (χ0n) is 10.4. The van der Waals surface area contributed by atoms with E-state index in [0.29, 0.717) is 17.9 Å². The first-order chi connectivity index (χ1) is 8.01. The van der Waals surface area contributed by atoms with E-state index in [0.717, 1.165) is 16.9 Å². The molecule has 0 aliphatic carbocycles. The number of alkyl halides is 1. The predicted octanol–water partition coefficient (Wildman–Crippen LogP) is 2.34. The summed E-state index contributed by atoms with van der Waals surface area (Å²) in [7, 11) is 1.62. The maximum absolute atomic E-state index is 9.98. The highest BCUT2D eigenvalue weighted by Gasteiger charge is 2.19. The summed E-state index contributed by atoms with van der Waals surface area (Å²) < 4.78 is 5.25. The van der Waals surface area contributed by atoms with Crippen molar-refractivity contribution < 1.29 is 14.9 Å². The zero-order valence-corrected chi connectivity index (χ0v) is 11.2. The second-order valence-electron chi connectivity index (χ2n) is 4.18. The van der Waals surface area contributed by atoms with E-state index in [1.54, 1.807) is 7.11 Å². The molecule has 0 aromatic heterocycles. The topological polar surface area (TPSA) is 49.7 Å². The number of aliphatic hydroxyl groups is 2. The molecular weight excluding hydrogens is 240 g/mol. The lowest BCUT2D eigenvalue weighted by atomic mass is 9.98. The third-order valence-corrected chi connectivity index (χ3v) is 3.02. The molecule has 1 aromatic rings. The van der Waals surface area contributed by atoms with Crippen molar-refractivity contribution in [1.29, 1.82) is 0 Å². The highest BCUT2D eigenvalue weighted by molar-refractivity contribution is 6.17. The van der Waals surface area contributed by atoms with E-state index in [-0.39, 0.29) is 0 Å². The molecule has 2 N–H and O–H groups in total. The van der Waals surface area contributed by atoms with Gasteiger partial charge in [-0.25, -0.2) is 0 Å². The number of benzene rings is 1. The number of rotatable bonds is 5. The van der Waals surface area contributed by atoms with Crippen LogP contribution >= 0.6 is 11.6 Å². The largest absolute Gasteiger partial charge is 0.496 e. The molecule has 1 rings (SSSR count). The van der Waals surface area contributed by atoms with E-state index in [2.05, 4.69) is 0 Å². The van der Waals surface area contributed by atoms with Gasteiger partial charge in [-0.05, 0) is 49.1 Å². The average molecular weight is 259 g/mol. The molecule has 0 aliphatic heterocycles. The van der Waals surface area contributed by atoms with Gasteiger partial charge in [0.1, 0.15) is 11.9 Å². The maximum Gasteiger partial charge on any atom is 0.124 e. The minimum absolute atomic E-state index is 0.326. The first kappa shape index (κ1) is 14.3. The summed E-state index contributed by atoms with van der Waals surface area (Å²) in [5.74, 6) is 1.14. The van der Waals surface area contributed by atoms with Gasteiger partial charge in [-0.15, -0.1) is 11.6 Å². The van der Waals surface area contributed by atoms with Gasteiger partial charge >= 0.3 is 0 Å². The SMILES string of the molecule is COc1c(C)cc(C(O)C(O)CCCl)cc1C. The Hall–Kier alpha value is -0.770. The van der Waals surface area contributed by atoms with Gasteiger partial charge < -0.3 is 14.9 Å². The van der Waals surface area contributed by atoms with Crippen LogP contribution in [-0.4, -0.2) is 29.3 Å². The minimum Gasteiger partial charge on any atom is -0.496 e. The number of hydrogen-bond acceptors (Lipinski definition) is 3. The highest BCUT2D eigenvalue weighted by Crippen LogP contribution is 2.29. The number of aliphatic hydroxyl groups excluding tert-OH is 2. The van der Waals surface area contributed by atoms with Crippen LogP contribution in [0.4, 0.5) is 0 Å². The van der Waals surface area contributed by atoms with Crippen molar-refractivity contribution in [3.8, 4) is 5.75 Å². The van der Waals surface area contributed by atoms with Crippen LogP contribution in [-0.2, 0) is 0 Å². The molecular formula is C13H19ClO3. The molecule has 0 bridgehead atoms. The summed E-state index contributed by atoms with van der Waals surface area (Å²) in [6.07, 6.45) is -1.37. The van der Waals surface area contributed by atoms with Crippen LogP contribution in [0, 0.1) is 13.8 Å². The van der Waals surface area contributed by atoms with Gasteiger partial charge in [-0.3, -0.25) is 0 Å². The fourth-order valence-electron chi connectivity index (χ4n) is 1.97. The van der Waals surface area contributed by atoms with E-state index in [4.69, 9.17) is 16.3 Å². The molecule has 1 aromatic carbocycles. The summed E-state index contributed by atoms with van der Waals surface area (Å²) in [6, 6.07) is 3.65. The molecule has 0 fully saturated rings. The summed E-state index contributed by atoms with van der Waals surface area (Å²) in [5.41, 5.74) is 2.58. The highest BCUT2D eigenvalue weighted by atomic mass is 35.5. The first-order valence-electron chi connectivity index (χ1n) is 5.58. The number of ether oxygens (including phenoxy) is 1. The molecule has 0 saturated carbocycles. The van der Waals surface area contributed by atoms with Crippen LogP contribution in [0.1, 0.15) is 29.2 Å². The number of methoxy groups -OCH3 is 1. The summed E-state index contributed by atoms with van der Waals surface area (Å²) in [4.78, 5) is 0. The maximum atomic E-state index is 9.98. The predicted molar refractivity (Wildman–Crippen MR) is 68.8 cm³/mol. The van der Waals surface area contributed by atoms with Gasteiger partial charge in [-0.1, -0.05) is 0 Å². The molecule has 0 radical (unpaired) electrons. The molecule has 4 heteroatoms. The van der Waals surface area contributed by atoms with Crippen LogP contribution in [0.5, 0.6) is 5.75 Å². The van der Waals surface area contributed by atoms with Crippen LogP contribution in [0.3, 0.4) is 0 Å². The Morgan fingerprint density at radius 1 is 1.24 bits per heavy atom. The van der Waals surface area contributed by atoms with Crippen LogP contribution in [0.15, 0.2) is 12.1 Å². The van der Waals surface area contributed by atoms with E-state index in [1.807, 2.05) is 26.0 Å². The van der Waals surface area contributed by atoms with Crippen molar-refractivity contribution in [3.63, 3.8) is 0 Å². The first-order valence-corrected chi connectivity index (χ1v) is 6.12. The van der Waals surface area contributed by atoms with E-state index < -0.39 is 12.2 Å². The Labute approximate surface area is 107 Å². The second kappa shape index (κ2) is 6.24. The summed E-state index contributed by atoms with van der Waals surface area (Å²) >= 11 is 5.55. The second-order valence-corrected chi connectivity index (χ2v) is 4.56. The quantitative estimate of drug-likeness (QED) is 0.797. The van der Waals surface area contributed by atoms with Gasteiger partial charge in [0.05, 0.1) is 13.2 Å². The molecule has 0 heterocycles. The zero-order chi connectivity index (χ0) is 13.0. The summed E-state index contributed by atoms with van der Waals surface area (Å²) in [5, 5.41) is 19.7. The van der Waals surface area contributed by atoms with Crippen molar-refractivity contribution in [2.75, 3.05) is 13.0 Å². The van der Waals surface area contributed by atoms with Gasteiger partial charge in [-0.2, -0.15) is 0 Å². The normalized spacial score (nSPS) is 14.5. The molecule has 0 saturated heterocycles. The van der Waals surface area contributed by atoms with Crippen molar-refractivity contribution in [1.82, 2.24) is 0 Å². The molecule has 0 aliphatic rings. The number of halogens is 1. The van der Waals surface area contributed by atoms with Gasteiger partial charge in [0.15, 0.2) is 0 Å². The molecule has 0 spiro atoms. The van der Waals surface area contributed by atoms with Crippen molar-refractivity contribution in [2.24, 2.45) is 0 Å². The lowest BCUT2D eigenvalue weighted by Crippen LogP contribution is -2.19. The third-order valence-electron chi connectivity index (χ3n) is 2.80. The average Bonchev–Trinajstić information content (AvgIpc) is 2.27. The van der Waals surface area contributed by atoms with E-state index in [9.17, 15) is 10.2 Å². The van der Waals surface area contributed by atoms with Crippen molar-refractivity contribution in [3.05, 3.63) is 28.8 Å². The Morgan fingerprint density at radius 3 is 2.18 bits per heavy atom. The fourth-order valence-corrected chi connectivity index (χ4v) is 2.19. The molecule has 96 valence electrons. The van der Waals surface area contributed by atoms with Gasteiger partial charge in [0.25, 0.3) is 0 Å². The van der Waals surface area contributed by atoms with Crippen LogP contribution in [0.2, 0.25) is 0 Å². The summed E-state index contributed by atoms with van der Waals surface area (Å²) in [6.45, 7) is 3.83. The standard InChI is InChI=1S/C13H19ClO3/c1-8-6-10(7-9(2)13(8)17-3)12(16)11(15)4-5-14/h6-7,11-12,15-16H,4-5H2,1-3H3. The molecule has 3 nitrogen and oxygen atoms in total. The van der Waals surface area contributed by atoms with Crippen LogP contribution < -0.4 is 4.74 Å². The van der Waals surface area contributed by atoms with E-state index >= 15 is 0 Å². The van der Waals surface area contributed by atoms with Gasteiger partial charge in [0, 0.05) is 5.88 Å². The minimum atomic E-state index is -0.906. The Morgan fingerprint density at radius 2 is 1.76 bits per heavy atom. The molecule has 2 atom stereocenters. The smallest absolute Gasteiger partial charge is 0.124 e. The monoisotopic (exact) mass is 258 g/mol. The third kappa shape index (κ3) is 3.35. The van der Waals surface area contributed by atoms with Crippen LogP contribution in [0.25, 0.3) is 0 Å². The Kier molecular flexibility index (Phi) is 5.25. The number of hydrogen-bond donors (Lipinski definition) is 2. The molecule has 2 unspecified atom stereocenters. The van der Waals surface area contributed by atoms with Crippen molar-refractivity contribution >= 4 is 11.6 Å². The van der Waals surface area contributed by atoms with Gasteiger partial charge in [0.2, 0.25) is 0 Å². The Balaban J connectivity index is 2.99. The number of aryl methyl sites for hydroxylation is 2. The lowest BCUT2D eigenvalue weighted by Gasteiger charge is -2.19. The molecule has 17 heavy (non-hydrogen) atoms. The molecule has 0 amide bonds.